The number of hydrogen-bond donors (Lipinski definition) is 1. The number of nitrogens with one attached hydrogen (secondary N) is 1. The van der Waals surface area contributed by atoms with Crippen LogP contribution in [-0.4, -0.2) is 25.2 Å². The first-order chi connectivity index (χ1) is 12.9. The number of aromatic nitrogens is 4. The molecule has 1 N–H and O–H groups in total. The highest BCUT2D eigenvalue weighted by molar-refractivity contribution is 6.15. The van der Waals surface area contributed by atoms with Crippen molar-refractivity contribution in [3.05, 3.63) is 53.5 Å². The van der Waals surface area contributed by atoms with Gasteiger partial charge in [-0.3, -0.25) is 9.48 Å². The van der Waals surface area contributed by atoms with Crippen LogP contribution < -0.4 is 5.32 Å². The van der Waals surface area contributed by atoms with Crippen molar-refractivity contribution in [2.24, 2.45) is 14.1 Å². The minimum atomic E-state index is -0.142. The number of anilines is 1. The highest BCUT2D eigenvalue weighted by Crippen LogP contribution is 2.28. The quantitative estimate of drug-likeness (QED) is 0.596. The zero-order valence-corrected chi connectivity index (χ0v) is 16.2. The van der Waals surface area contributed by atoms with Crippen LogP contribution in [0.4, 0.5) is 5.69 Å². The van der Waals surface area contributed by atoms with Gasteiger partial charge in [0.15, 0.2) is 5.65 Å². The summed E-state index contributed by atoms with van der Waals surface area (Å²) in [6, 6.07) is 9.83. The Bertz CT molecular complexity index is 1180. The first-order valence-corrected chi connectivity index (χ1v) is 9.06. The third kappa shape index (κ3) is 2.77. The van der Waals surface area contributed by atoms with E-state index in [1.165, 1.54) is 0 Å². The van der Waals surface area contributed by atoms with E-state index in [1.54, 1.807) is 4.68 Å². The normalized spacial score (nSPS) is 11.6. The topological polar surface area (TPSA) is 64.7 Å². The highest BCUT2D eigenvalue weighted by atomic mass is 16.1. The third-order valence-corrected chi connectivity index (χ3v) is 5.00. The number of rotatable bonds is 3. The van der Waals surface area contributed by atoms with Crippen LogP contribution in [0.5, 0.6) is 0 Å². The van der Waals surface area contributed by atoms with Gasteiger partial charge in [-0.1, -0.05) is 19.9 Å². The Labute approximate surface area is 157 Å². The summed E-state index contributed by atoms with van der Waals surface area (Å²) in [6.45, 7) is 6.06. The molecule has 0 saturated carbocycles. The number of carbonyl (C=O) groups excluding carboxylic acids is 1. The molecule has 0 bridgehead atoms. The largest absolute Gasteiger partial charge is 0.350 e. The third-order valence-electron chi connectivity index (χ3n) is 5.00. The monoisotopic (exact) mass is 361 g/mol. The molecule has 4 aromatic rings. The number of fused-ring (bicyclic) bond motifs is 2. The van der Waals surface area contributed by atoms with Crippen molar-refractivity contribution in [2.45, 2.75) is 26.7 Å². The van der Waals surface area contributed by atoms with Gasteiger partial charge in [0.25, 0.3) is 5.91 Å². The molecular weight excluding hydrogens is 338 g/mol. The second kappa shape index (κ2) is 6.23. The molecule has 0 unspecified atom stereocenters. The number of carbonyl (C=O) groups is 1. The van der Waals surface area contributed by atoms with E-state index in [2.05, 4.69) is 24.3 Å². The molecule has 0 aliphatic heterocycles. The number of hydrogen-bond acceptors (Lipinski definition) is 3. The van der Waals surface area contributed by atoms with Gasteiger partial charge in [-0.05, 0) is 37.1 Å². The van der Waals surface area contributed by atoms with E-state index in [0.29, 0.717) is 5.56 Å². The van der Waals surface area contributed by atoms with Crippen molar-refractivity contribution in [1.29, 1.82) is 0 Å². The van der Waals surface area contributed by atoms with Crippen molar-refractivity contribution >= 4 is 33.5 Å². The Balaban J connectivity index is 1.84. The van der Waals surface area contributed by atoms with Crippen molar-refractivity contribution in [3.8, 4) is 0 Å². The maximum absolute atomic E-state index is 13.2. The van der Waals surface area contributed by atoms with Gasteiger partial charge in [0.1, 0.15) is 0 Å². The standard InChI is InChI=1S/C21H23N5O/c1-12(2)17-11-15(19-13(3)24-26(5)20(19)22-17)21(27)23-16-7-6-8-18-14(16)9-10-25(18)4/h6-12H,1-5H3,(H,23,27). The average Bonchev–Trinajstić information content (AvgIpc) is 3.15. The van der Waals surface area contributed by atoms with Crippen molar-refractivity contribution in [2.75, 3.05) is 5.32 Å². The molecule has 4 rings (SSSR count). The lowest BCUT2D eigenvalue weighted by molar-refractivity contribution is 0.102. The van der Waals surface area contributed by atoms with E-state index in [-0.39, 0.29) is 11.8 Å². The van der Waals surface area contributed by atoms with Gasteiger partial charge < -0.3 is 9.88 Å². The van der Waals surface area contributed by atoms with Crippen molar-refractivity contribution in [1.82, 2.24) is 19.3 Å². The predicted octanol–water partition coefficient (Wildman–Crippen LogP) is 4.14. The van der Waals surface area contributed by atoms with Crippen LogP contribution in [-0.2, 0) is 14.1 Å². The molecule has 1 amide bonds. The molecule has 27 heavy (non-hydrogen) atoms. The molecule has 3 aromatic heterocycles. The van der Waals surface area contributed by atoms with Crippen molar-refractivity contribution in [3.63, 3.8) is 0 Å². The summed E-state index contributed by atoms with van der Waals surface area (Å²) in [5.74, 6) is 0.0745. The molecule has 0 aliphatic carbocycles. The van der Waals surface area contributed by atoms with Gasteiger partial charge in [0.2, 0.25) is 0 Å². The van der Waals surface area contributed by atoms with E-state index in [1.807, 2.05) is 62.1 Å². The SMILES string of the molecule is Cc1nn(C)c2nc(C(C)C)cc(C(=O)Nc3cccc4c3ccn4C)c12. The fourth-order valence-electron chi connectivity index (χ4n) is 3.54. The van der Waals surface area contributed by atoms with Gasteiger partial charge in [-0.25, -0.2) is 4.98 Å². The number of aryl methyl sites for hydroxylation is 3. The molecule has 3 heterocycles. The first kappa shape index (κ1) is 17.3. The number of pyridine rings is 1. The predicted molar refractivity (Wildman–Crippen MR) is 108 cm³/mol. The number of benzene rings is 1. The Morgan fingerprint density at radius 3 is 2.70 bits per heavy atom. The van der Waals surface area contributed by atoms with E-state index in [9.17, 15) is 4.79 Å². The first-order valence-electron chi connectivity index (χ1n) is 9.06. The second-order valence-corrected chi connectivity index (χ2v) is 7.28. The van der Waals surface area contributed by atoms with Crippen LogP contribution in [0, 0.1) is 6.92 Å². The summed E-state index contributed by atoms with van der Waals surface area (Å²) in [4.78, 5) is 17.9. The molecule has 0 spiro atoms. The molecule has 0 aliphatic rings. The fraction of sp³-hybridized carbons (Fsp3) is 0.286. The summed E-state index contributed by atoms with van der Waals surface area (Å²) in [5.41, 5.74) is 4.92. The zero-order valence-electron chi connectivity index (χ0n) is 16.2. The van der Waals surface area contributed by atoms with Crippen LogP contribution in [0.3, 0.4) is 0 Å². The zero-order chi connectivity index (χ0) is 19.3. The van der Waals surface area contributed by atoms with Crippen LogP contribution in [0.15, 0.2) is 36.5 Å². The Morgan fingerprint density at radius 1 is 1.19 bits per heavy atom. The molecule has 0 fully saturated rings. The van der Waals surface area contributed by atoms with Crippen LogP contribution in [0.1, 0.15) is 41.5 Å². The fourth-order valence-corrected chi connectivity index (χ4v) is 3.54. The van der Waals surface area contributed by atoms with Crippen LogP contribution >= 0.6 is 0 Å². The molecular formula is C21H23N5O. The minimum absolute atomic E-state index is 0.142. The summed E-state index contributed by atoms with van der Waals surface area (Å²) < 4.78 is 3.78. The average molecular weight is 361 g/mol. The van der Waals surface area contributed by atoms with E-state index < -0.39 is 0 Å². The van der Waals surface area contributed by atoms with Crippen molar-refractivity contribution < 1.29 is 4.79 Å². The van der Waals surface area contributed by atoms with E-state index in [4.69, 9.17) is 4.98 Å². The highest BCUT2D eigenvalue weighted by Gasteiger charge is 2.20. The van der Waals surface area contributed by atoms with Gasteiger partial charge in [0, 0.05) is 36.9 Å². The molecule has 0 radical (unpaired) electrons. The molecule has 0 atom stereocenters. The Kier molecular flexibility index (Phi) is 3.98. The molecule has 6 heteroatoms. The molecule has 0 saturated heterocycles. The lowest BCUT2D eigenvalue weighted by atomic mass is 10.0. The summed E-state index contributed by atoms with van der Waals surface area (Å²) >= 11 is 0. The molecule has 138 valence electrons. The van der Waals surface area contributed by atoms with Crippen LogP contribution in [0.25, 0.3) is 21.9 Å². The molecule has 6 nitrogen and oxygen atoms in total. The summed E-state index contributed by atoms with van der Waals surface area (Å²) in [5, 5.41) is 9.38. The maximum Gasteiger partial charge on any atom is 0.256 e. The van der Waals surface area contributed by atoms with Gasteiger partial charge in [-0.15, -0.1) is 0 Å². The minimum Gasteiger partial charge on any atom is -0.350 e. The van der Waals surface area contributed by atoms with Gasteiger partial charge >= 0.3 is 0 Å². The van der Waals surface area contributed by atoms with Gasteiger partial charge in [0.05, 0.1) is 22.3 Å². The van der Waals surface area contributed by atoms with E-state index >= 15 is 0 Å². The Hall–Kier alpha value is -3.15. The lowest BCUT2D eigenvalue weighted by Crippen LogP contribution is -2.14. The lowest BCUT2D eigenvalue weighted by Gasteiger charge is -2.11. The van der Waals surface area contributed by atoms with E-state index in [0.717, 1.165) is 39.0 Å². The number of nitrogens with zero attached hydrogens (tertiary/aromatic N) is 4. The number of amides is 1. The maximum atomic E-state index is 13.2. The second-order valence-electron chi connectivity index (χ2n) is 7.28. The summed E-state index contributed by atoms with van der Waals surface area (Å²) in [6.07, 6.45) is 1.99. The summed E-state index contributed by atoms with van der Waals surface area (Å²) in [7, 11) is 3.85. The Morgan fingerprint density at radius 2 is 1.96 bits per heavy atom. The van der Waals surface area contributed by atoms with Crippen LogP contribution in [0.2, 0.25) is 0 Å². The molecule has 1 aromatic carbocycles. The smallest absolute Gasteiger partial charge is 0.256 e. The van der Waals surface area contributed by atoms with Gasteiger partial charge in [-0.2, -0.15) is 5.10 Å².